The molecule has 0 aliphatic carbocycles. The van der Waals surface area contributed by atoms with Gasteiger partial charge in [0.2, 0.25) is 0 Å². The summed E-state index contributed by atoms with van der Waals surface area (Å²) in [7, 11) is 1.58. The molecule has 134 valence electrons. The predicted molar refractivity (Wildman–Crippen MR) is 98.8 cm³/mol. The number of nitrogens with zero attached hydrogens (tertiary/aromatic N) is 2. The fraction of sp³-hybridized carbons (Fsp3) is 0.312. The largest absolute Gasteiger partial charge is 0.496 e. The number of guanidine groups is 1. The highest BCUT2D eigenvalue weighted by Crippen LogP contribution is 2.26. The number of carbonyl (C=O) groups is 2. The third-order valence-corrected chi connectivity index (χ3v) is 4.21. The Balaban J connectivity index is 1.97. The predicted octanol–water partition coefficient (Wildman–Crippen LogP) is 1.40. The number of nitrogens with one attached hydrogen (secondary N) is 1. The molecule has 0 radical (unpaired) electrons. The molecule has 0 bridgehead atoms. The standard InChI is InChI=1S/C16H20BrN5O3/c1-25-13-5-4-10(9-11(13)17)6-8-22-14(23)12(21-16(22)24)3-2-7-20-15(18)19/h4-6,8-9,12H,2-3,7H2,1H3,(H,21,24)(H4,18,19,20). The van der Waals surface area contributed by atoms with Gasteiger partial charge in [0.25, 0.3) is 5.91 Å². The summed E-state index contributed by atoms with van der Waals surface area (Å²) in [6.45, 7) is 0.414. The molecular weight excluding hydrogens is 390 g/mol. The number of ether oxygens (including phenoxy) is 1. The maximum absolute atomic E-state index is 12.3. The molecule has 0 aromatic heterocycles. The zero-order valence-electron chi connectivity index (χ0n) is 13.7. The van der Waals surface area contributed by atoms with Crippen LogP contribution in [0.25, 0.3) is 6.08 Å². The monoisotopic (exact) mass is 409 g/mol. The average Bonchev–Trinajstić information content (AvgIpc) is 2.83. The molecule has 8 nitrogen and oxygen atoms in total. The van der Waals surface area contributed by atoms with Crippen molar-refractivity contribution in [3.8, 4) is 5.75 Å². The molecule has 3 amide bonds. The second-order valence-electron chi connectivity index (χ2n) is 5.37. The van der Waals surface area contributed by atoms with Gasteiger partial charge in [0.05, 0.1) is 11.6 Å². The number of benzene rings is 1. The lowest BCUT2D eigenvalue weighted by Gasteiger charge is -2.08. The number of imide groups is 1. The van der Waals surface area contributed by atoms with Crippen molar-refractivity contribution in [1.29, 1.82) is 0 Å². The van der Waals surface area contributed by atoms with Crippen molar-refractivity contribution in [2.75, 3.05) is 13.7 Å². The summed E-state index contributed by atoms with van der Waals surface area (Å²) >= 11 is 3.39. The van der Waals surface area contributed by atoms with Crippen LogP contribution < -0.4 is 21.5 Å². The van der Waals surface area contributed by atoms with Gasteiger partial charge in [-0.2, -0.15) is 0 Å². The number of methoxy groups -OCH3 is 1. The molecule has 0 spiro atoms. The van der Waals surface area contributed by atoms with Crippen LogP contribution in [0.2, 0.25) is 0 Å². The Bertz CT molecular complexity index is 716. The van der Waals surface area contributed by atoms with Gasteiger partial charge in [-0.15, -0.1) is 0 Å². The van der Waals surface area contributed by atoms with Crippen molar-refractivity contribution in [3.05, 3.63) is 34.4 Å². The summed E-state index contributed by atoms with van der Waals surface area (Å²) in [5.74, 6) is 0.420. The maximum atomic E-state index is 12.3. The van der Waals surface area contributed by atoms with E-state index in [9.17, 15) is 9.59 Å². The third-order valence-electron chi connectivity index (χ3n) is 3.59. The Morgan fingerprint density at radius 3 is 2.84 bits per heavy atom. The molecule has 9 heteroatoms. The smallest absolute Gasteiger partial charge is 0.328 e. The summed E-state index contributed by atoms with van der Waals surface area (Å²) in [5.41, 5.74) is 11.3. The van der Waals surface area contributed by atoms with Gasteiger partial charge in [-0.3, -0.25) is 9.79 Å². The normalized spacial score (nSPS) is 17.0. The second-order valence-corrected chi connectivity index (χ2v) is 6.22. The van der Waals surface area contributed by atoms with Crippen LogP contribution in [-0.4, -0.2) is 42.5 Å². The minimum Gasteiger partial charge on any atom is -0.496 e. The van der Waals surface area contributed by atoms with Crippen molar-refractivity contribution in [1.82, 2.24) is 10.2 Å². The first-order valence-electron chi connectivity index (χ1n) is 7.63. The van der Waals surface area contributed by atoms with Gasteiger partial charge >= 0.3 is 6.03 Å². The van der Waals surface area contributed by atoms with E-state index in [1.165, 1.54) is 6.20 Å². The van der Waals surface area contributed by atoms with E-state index in [0.717, 1.165) is 14.9 Å². The highest BCUT2D eigenvalue weighted by atomic mass is 79.9. The number of aliphatic imine (C=N–C) groups is 1. The van der Waals surface area contributed by atoms with Crippen LogP contribution in [0, 0.1) is 0 Å². The molecule has 1 aliphatic heterocycles. The lowest BCUT2D eigenvalue weighted by Crippen LogP contribution is -2.29. The van der Waals surface area contributed by atoms with Crippen LogP contribution in [0.15, 0.2) is 33.9 Å². The number of hydrogen-bond acceptors (Lipinski definition) is 4. The number of amides is 3. The molecule has 0 saturated carbocycles. The topological polar surface area (TPSA) is 123 Å². The zero-order chi connectivity index (χ0) is 18.4. The number of carbonyl (C=O) groups excluding carboxylic acids is 2. The van der Waals surface area contributed by atoms with E-state index in [-0.39, 0.29) is 11.9 Å². The minimum atomic E-state index is -0.561. The van der Waals surface area contributed by atoms with Gasteiger partial charge in [-0.05, 0) is 52.5 Å². The van der Waals surface area contributed by atoms with Crippen molar-refractivity contribution >= 4 is 39.9 Å². The second kappa shape index (κ2) is 8.52. The molecule has 1 aromatic carbocycles. The highest BCUT2D eigenvalue weighted by molar-refractivity contribution is 9.10. The number of rotatable bonds is 7. The molecule has 5 N–H and O–H groups in total. The van der Waals surface area contributed by atoms with Crippen molar-refractivity contribution in [2.24, 2.45) is 16.5 Å². The van der Waals surface area contributed by atoms with E-state index in [4.69, 9.17) is 16.2 Å². The molecule has 2 rings (SSSR count). The van der Waals surface area contributed by atoms with Crippen molar-refractivity contribution < 1.29 is 14.3 Å². The molecule has 1 atom stereocenters. The number of urea groups is 1. The van der Waals surface area contributed by atoms with Crippen LogP contribution >= 0.6 is 15.9 Å². The Labute approximate surface area is 154 Å². The van der Waals surface area contributed by atoms with Crippen LogP contribution in [0.1, 0.15) is 18.4 Å². The fourth-order valence-electron chi connectivity index (χ4n) is 2.34. The number of nitrogens with two attached hydrogens (primary N) is 2. The molecule has 1 aromatic rings. The Morgan fingerprint density at radius 1 is 1.44 bits per heavy atom. The first kappa shape index (κ1) is 18.8. The van der Waals surface area contributed by atoms with Gasteiger partial charge in [-0.25, -0.2) is 9.69 Å². The third kappa shape index (κ3) is 4.96. The molecule has 1 saturated heterocycles. The summed E-state index contributed by atoms with van der Waals surface area (Å²) in [6, 6.07) is 4.45. The lowest BCUT2D eigenvalue weighted by molar-refractivity contribution is -0.125. The Hall–Kier alpha value is -2.55. The minimum absolute atomic E-state index is 0.0111. The van der Waals surface area contributed by atoms with E-state index in [1.54, 1.807) is 19.3 Å². The first-order valence-corrected chi connectivity index (χ1v) is 8.42. The zero-order valence-corrected chi connectivity index (χ0v) is 15.3. The van der Waals surface area contributed by atoms with Crippen molar-refractivity contribution in [2.45, 2.75) is 18.9 Å². The van der Waals surface area contributed by atoms with Gasteiger partial charge < -0.3 is 21.5 Å². The van der Waals surface area contributed by atoms with Crippen LogP contribution in [0.5, 0.6) is 5.75 Å². The molecule has 25 heavy (non-hydrogen) atoms. The Morgan fingerprint density at radius 2 is 2.20 bits per heavy atom. The van der Waals surface area contributed by atoms with Crippen LogP contribution in [0.4, 0.5) is 4.79 Å². The quantitative estimate of drug-likeness (QED) is 0.271. The SMILES string of the molecule is COc1ccc(C=CN2C(=O)NC(CCCN=C(N)N)C2=O)cc1Br. The summed E-state index contributed by atoms with van der Waals surface area (Å²) in [4.78, 5) is 29.2. The maximum Gasteiger partial charge on any atom is 0.328 e. The molecule has 1 fully saturated rings. The molecular formula is C16H20BrN5O3. The van der Waals surface area contributed by atoms with E-state index in [1.807, 2.05) is 12.1 Å². The van der Waals surface area contributed by atoms with Crippen LogP contribution in [-0.2, 0) is 4.79 Å². The average molecular weight is 410 g/mol. The van der Waals surface area contributed by atoms with Gasteiger partial charge in [-0.1, -0.05) is 6.07 Å². The lowest BCUT2D eigenvalue weighted by atomic mass is 10.1. The Kier molecular flexibility index (Phi) is 6.40. The highest BCUT2D eigenvalue weighted by Gasteiger charge is 2.36. The summed E-state index contributed by atoms with van der Waals surface area (Å²) < 4.78 is 5.95. The summed E-state index contributed by atoms with van der Waals surface area (Å²) in [6.07, 6.45) is 4.21. The van der Waals surface area contributed by atoms with E-state index >= 15 is 0 Å². The van der Waals surface area contributed by atoms with Gasteiger partial charge in [0, 0.05) is 12.7 Å². The van der Waals surface area contributed by atoms with Crippen LogP contribution in [0.3, 0.4) is 0 Å². The van der Waals surface area contributed by atoms with Gasteiger partial charge in [0.1, 0.15) is 11.8 Å². The van der Waals surface area contributed by atoms with E-state index < -0.39 is 12.1 Å². The van der Waals surface area contributed by atoms with Gasteiger partial charge in [0.15, 0.2) is 5.96 Å². The summed E-state index contributed by atoms with van der Waals surface area (Å²) in [5, 5.41) is 2.65. The van der Waals surface area contributed by atoms with E-state index in [0.29, 0.717) is 25.1 Å². The number of hydrogen-bond donors (Lipinski definition) is 3. The molecule has 1 aliphatic rings. The number of halogens is 1. The fourth-order valence-corrected chi connectivity index (χ4v) is 2.89. The van der Waals surface area contributed by atoms with E-state index in [2.05, 4.69) is 26.2 Å². The molecule has 1 unspecified atom stereocenters. The molecule has 1 heterocycles. The van der Waals surface area contributed by atoms with Crippen molar-refractivity contribution in [3.63, 3.8) is 0 Å². The first-order chi connectivity index (χ1) is 11.9.